The zero-order chi connectivity index (χ0) is 8.97. The molecule has 0 bridgehead atoms. The average Bonchev–Trinajstić information content (AvgIpc) is 2.09. The van der Waals surface area contributed by atoms with Gasteiger partial charge in [0.2, 0.25) is 0 Å². The molecule has 1 aromatic rings. The summed E-state index contributed by atoms with van der Waals surface area (Å²) < 4.78 is 12.9. The smallest absolute Gasteiger partial charge is 0.114 e. The molecule has 0 aliphatic carbocycles. The summed E-state index contributed by atoms with van der Waals surface area (Å²) in [6, 6.07) is 7.32. The molecule has 1 atom stereocenters. The summed E-state index contributed by atoms with van der Waals surface area (Å²) >= 11 is 8.92. The van der Waals surface area contributed by atoms with Crippen molar-refractivity contribution in [3.05, 3.63) is 34.9 Å². The van der Waals surface area contributed by atoms with Gasteiger partial charge in [-0.1, -0.05) is 45.7 Å². The van der Waals surface area contributed by atoms with Crippen LogP contribution >= 0.6 is 27.5 Å². The van der Waals surface area contributed by atoms with E-state index >= 15 is 0 Å². The molecule has 0 N–H and O–H groups in total. The van der Waals surface area contributed by atoms with E-state index in [1.807, 2.05) is 18.2 Å². The lowest BCUT2D eigenvalue weighted by Gasteiger charge is -2.05. The molecule has 0 nitrogen and oxygen atoms in total. The standard InChI is InChI=1S/C9H9BrClF/c10-6-8(12)5-7-3-1-2-4-9(7)11/h1-4,8H,5-6H2. The highest BCUT2D eigenvalue weighted by Crippen LogP contribution is 2.18. The van der Waals surface area contributed by atoms with Crippen molar-refractivity contribution >= 4 is 27.5 Å². The highest BCUT2D eigenvalue weighted by molar-refractivity contribution is 9.09. The Balaban J connectivity index is 2.69. The van der Waals surface area contributed by atoms with E-state index in [0.29, 0.717) is 16.8 Å². The van der Waals surface area contributed by atoms with Gasteiger partial charge in [-0.15, -0.1) is 0 Å². The summed E-state index contributed by atoms with van der Waals surface area (Å²) in [5, 5.41) is 0.999. The Bertz CT molecular complexity index is 252. The van der Waals surface area contributed by atoms with Crippen molar-refractivity contribution in [1.82, 2.24) is 0 Å². The van der Waals surface area contributed by atoms with Crippen LogP contribution in [0.4, 0.5) is 4.39 Å². The van der Waals surface area contributed by atoms with Gasteiger partial charge in [-0.3, -0.25) is 0 Å². The second-order valence-corrected chi connectivity index (χ2v) is 3.60. The molecular weight excluding hydrogens is 242 g/mol. The third kappa shape index (κ3) is 2.76. The van der Waals surface area contributed by atoms with Gasteiger partial charge in [-0.25, -0.2) is 4.39 Å². The van der Waals surface area contributed by atoms with Crippen molar-refractivity contribution in [2.75, 3.05) is 5.33 Å². The average molecular weight is 252 g/mol. The molecule has 1 aromatic carbocycles. The molecule has 0 saturated heterocycles. The van der Waals surface area contributed by atoms with Gasteiger partial charge in [0.05, 0.1) is 0 Å². The number of halogens is 3. The lowest BCUT2D eigenvalue weighted by atomic mass is 10.1. The molecule has 0 spiro atoms. The van der Waals surface area contributed by atoms with E-state index in [9.17, 15) is 4.39 Å². The van der Waals surface area contributed by atoms with Crippen LogP contribution in [0.1, 0.15) is 5.56 Å². The zero-order valence-electron chi connectivity index (χ0n) is 6.43. The second-order valence-electron chi connectivity index (χ2n) is 2.55. The van der Waals surface area contributed by atoms with Crippen LogP contribution in [0.3, 0.4) is 0 Å². The van der Waals surface area contributed by atoms with Gasteiger partial charge in [0.15, 0.2) is 0 Å². The van der Waals surface area contributed by atoms with Crippen LogP contribution in [-0.4, -0.2) is 11.5 Å². The first kappa shape index (κ1) is 10.0. The van der Waals surface area contributed by atoms with Crippen LogP contribution in [0.25, 0.3) is 0 Å². The molecule has 0 amide bonds. The van der Waals surface area contributed by atoms with Crippen molar-refractivity contribution in [2.45, 2.75) is 12.6 Å². The lowest BCUT2D eigenvalue weighted by Crippen LogP contribution is -2.05. The minimum Gasteiger partial charge on any atom is -0.246 e. The van der Waals surface area contributed by atoms with E-state index < -0.39 is 6.17 Å². The van der Waals surface area contributed by atoms with Crippen molar-refractivity contribution in [1.29, 1.82) is 0 Å². The van der Waals surface area contributed by atoms with Crippen LogP contribution in [-0.2, 0) is 6.42 Å². The number of hydrogen-bond acceptors (Lipinski definition) is 0. The first-order valence-electron chi connectivity index (χ1n) is 3.67. The van der Waals surface area contributed by atoms with Crippen molar-refractivity contribution in [2.24, 2.45) is 0 Å². The molecule has 66 valence electrons. The molecule has 0 aliphatic rings. The van der Waals surface area contributed by atoms with Gasteiger partial charge in [-0.2, -0.15) is 0 Å². The molecule has 12 heavy (non-hydrogen) atoms. The predicted octanol–water partition coefficient (Wildman–Crippen LogP) is 3.62. The summed E-state index contributed by atoms with van der Waals surface area (Å²) in [6.45, 7) is 0. The first-order chi connectivity index (χ1) is 5.74. The van der Waals surface area contributed by atoms with E-state index in [1.165, 1.54) is 0 Å². The van der Waals surface area contributed by atoms with Gasteiger partial charge in [0.25, 0.3) is 0 Å². The van der Waals surface area contributed by atoms with Crippen LogP contribution < -0.4 is 0 Å². The summed E-state index contributed by atoms with van der Waals surface area (Å²) in [7, 11) is 0. The fraction of sp³-hybridized carbons (Fsp3) is 0.333. The summed E-state index contributed by atoms with van der Waals surface area (Å²) in [5.74, 6) is 0. The van der Waals surface area contributed by atoms with Crippen molar-refractivity contribution < 1.29 is 4.39 Å². The molecule has 0 saturated carbocycles. The third-order valence-corrected chi connectivity index (χ3v) is 2.64. The minimum absolute atomic E-state index is 0.359. The third-order valence-electron chi connectivity index (χ3n) is 1.57. The highest BCUT2D eigenvalue weighted by atomic mass is 79.9. The maximum absolute atomic E-state index is 12.9. The molecular formula is C9H9BrClF. The largest absolute Gasteiger partial charge is 0.246 e. The predicted molar refractivity (Wildman–Crippen MR) is 53.8 cm³/mol. The SMILES string of the molecule is FC(CBr)Cc1ccccc1Cl. The molecule has 0 aliphatic heterocycles. The van der Waals surface area contributed by atoms with E-state index in [1.54, 1.807) is 6.07 Å². The van der Waals surface area contributed by atoms with Gasteiger partial charge in [0, 0.05) is 16.8 Å². The van der Waals surface area contributed by atoms with Gasteiger partial charge >= 0.3 is 0 Å². The molecule has 0 heterocycles. The quantitative estimate of drug-likeness (QED) is 0.720. The van der Waals surface area contributed by atoms with E-state index in [4.69, 9.17) is 11.6 Å². The molecule has 0 fully saturated rings. The molecule has 1 rings (SSSR count). The Morgan fingerprint density at radius 3 is 2.67 bits per heavy atom. The monoisotopic (exact) mass is 250 g/mol. The lowest BCUT2D eigenvalue weighted by molar-refractivity contribution is 0.368. The fourth-order valence-corrected chi connectivity index (χ4v) is 1.40. The Kier molecular flexibility index (Phi) is 4.02. The fourth-order valence-electron chi connectivity index (χ4n) is 0.957. The van der Waals surface area contributed by atoms with Crippen molar-refractivity contribution in [3.8, 4) is 0 Å². The highest BCUT2D eigenvalue weighted by Gasteiger charge is 2.07. The van der Waals surface area contributed by atoms with Gasteiger partial charge in [0.1, 0.15) is 6.17 Å². The number of benzene rings is 1. The summed E-state index contributed by atoms with van der Waals surface area (Å²) in [6.07, 6.45) is -0.477. The van der Waals surface area contributed by atoms with Crippen LogP contribution in [0.15, 0.2) is 24.3 Å². The topological polar surface area (TPSA) is 0 Å². The molecule has 1 unspecified atom stereocenters. The van der Waals surface area contributed by atoms with Gasteiger partial charge < -0.3 is 0 Å². The maximum atomic E-state index is 12.9. The normalized spacial score (nSPS) is 12.9. The number of alkyl halides is 2. The molecule has 0 radical (unpaired) electrons. The maximum Gasteiger partial charge on any atom is 0.114 e. The van der Waals surface area contributed by atoms with E-state index in [2.05, 4.69) is 15.9 Å². The van der Waals surface area contributed by atoms with E-state index in [-0.39, 0.29) is 0 Å². The Morgan fingerprint density at radius 1 is 1.42 bits per heavy atom. The van der Waals surface area contributed by atoms with Crippen LogP contribution in [0.2, 0.25) is 5.02 Å². The number of hydrogen-bond donors (Lipinski definition) is 0. The van der Waals surface area contributed by atoms with Crippen molar-refractivity contribution in [3.63, 3.8) is 0 Å². The molecule has 3 heteroatoms. The minimum atomic E-state index is -0.857. The van der Waals surface area contributed by atoms with Crippen LogP contribution in [0.5, 0.6) is 0 Å². The Labute approximate surface area is 84.9 Å². The Hall–Kier alpha value is -0.0800. The zero-order valence-corrected chi connectivity index (χ0v) is 8.78. The first-order valence-corrected chi connectivity index (χ1v) is 5.17. The van der Waals surface area contributed by atoms with Crippen LogP contribution in [0, 0.1) is 0 Å². The van der Waals surface area contributed by atoms with E-state index in [0.717, 1.165) is 5.56 Å². The second kappa shape index (κ2) is 4.83. The summed E-state index contributed by atoms with van der Waals surface area (Å²) in [5.41, 5.74) is 0.867. The number of rotatable bonds is 3. The summed E-state index contributed by atoms with van der Waals surface area (Å²) in [4.78, 5) is 0. The molecule has 0 aromatic heterocycles. The van der Waals surface area contributed by atoms with Gasteiger partial charge in [-0.05, 0) is 11.6 Å². The Morgan fingerprint density at radius 2 is 2.08 bits per heavy atom.